The van der Waals surface area contributed by atoms with Crippen LogP contribution in [0.3, 0.4) is 0 Å². The van der Waals surface area contributed by atoms with Crippen LogP contribution in [0.1, 0.15) is 6.42 Å². The van der Waals surface area contributed by atoms with Crippen LogP contribution in [0.2, 0.25) is 0 Å². The summed E-state index contributed by atoms with van der Waals surface area (Å²) in [5.74, 6) is 0.658. The van der Waals surface area contributed by atoms with E-state index in [9.17, 15) is 4.79 Å². The molecule has 1 fully saturated rings. The molecule has 0 spiro atoms. The van der Waals surface area contributed by atoms with Crippen molar-refractivity contribution in [2.24, 2.45) is 0 Å². The van der Waals surface area contributed by atoms with E-state index in [1.54, 1.807) is 12.4 Å². The van der Waals surface area contributed by atoms with Gasteiger partial charge in [-0.2, -0.15) is 0 Å². The van der Waals surface area contributed by atoms with Gasteiger partial charge in [0.05, 0.1) is 6.20 Å². The minimum Gasteiger partial charge on any atom is -0.357 e. The molecule has 3 heterocycles. The van der Waals surface area contributed by atoms with Gasteiger partial charge < -0.3 is 15.6 Å². The van der Waals surface area contributed by atoms with Gasteiger partial charge in [-0.15, -0.1) is 0 Å². The van der Waals surface area contributed by atoms with Crippen molar-refractivity contribution in [2.45, 2.75) is 12.5 Å². The van der Waals surface area contributed by atoms with Gasteiger partial charge in [-0.25, -0.2) is 9.97 Å². The van der Waals surface area contributed by atoms with Crippen LogP contribution in [0.25, 0.3) is 11.2 Å². The molecule has 6 nitrogen and oxygen atoms in total. The Balaban J connectivity index is 1.85. The molecule has 1 aliphatic heterocycles. The van der Waals surface area contributed by atoms with E-state index in [0.717, 1.165) is 24.1 Å². The Morgan fingerprint density at radius 1 is 1.50 bits per heavy atom. The Labute approximate surface area is 91.5 Å². The standard InChI is InChI=1S/C10H11N5O/c16-10-7(2-4-12-10)15-8-5-13-9-6(14-8)1-3-11-9/h1,3,5,7H,2,4H2,(H,11,13)(H,12,16)(H,14,15). The number of fused-ring (bicyclic) bond motifs is 1. The van der Waals surface area contributed by atoms with Crippen molar-refractivity contribution in [1.82, 2.24) is 20.3 Å². The van der Waals surface area contributed by atoms with Gasteiger partial charge in [0, 0.05) is 12.7 Å². The molecule has 3 rings (SSSR count). The average molecular weight is 217 g/mol. The van der Waals surface area contributed by atoms with Crippen LogP contribution in [0, 0.1) is 0 Å². The van der Waals surface area contributed by atoms with Crippen molar-refractivity contribution in [3.63, 3.8) is 0 Å². The molecule has 2 aromatic heterocycles. The first-order valence-corrected chi connectivity index (χ1v) is 5.17. The molecular formula is C10H11N5O. The van der Waals surface area contributed by atoms with Crippen LogP contribution >= 0.6 is 0 Å². The van der Waals surface area contributed by atoms with E-state index in [4.69, 9.17) is 0 Å². The highest BCUT2D eigenvalue weighted by Gasteiger charge is 2.24. The van der Waals surface area contributed by atoms with E-state index < -0.39 is 0 Å². The Bertz CT molecular complexity index is 535. The summed E-state index contributed by atoms with van der Waals surface area (Å²) in [5.41, 5.74) is 1.55. The first kappa shape index (κ1) is 9.14. The quantitative estimate of drug-likeness (QED) is 0.673. The molecule has 1 unspecified atom stereocenters. The number of amides is 1. The summed E-state index contributed by atoms with van der Waals surface area (Å²) in [6.45, 7) is 0.719. The minimum absolute atomic E-state index is 0.0240. The van der Waals surface area contributed by atoms with Gasteiger partial charge in [0.15, 0.2) is 5.65 Å². The van der Waals surface area contributed by atoms with Crippen LogP contribution in [0.4, 0.5) is 5.82 Å². The highest BCUT2D eigenvalue weighted by atomic mass is 16.2. The molecule has 0 saturated carbocycles. The van der Waals surface area contributed by atoms with Gasteiger partial charge in [0.1, 0.15) is 17.4 Å². The SMILES string of the molecule is O=C1NCCC1Nc1cnc2[nH]ccc2n1. The van der Waals surface area contributed by atoms with E-state index >= 15 is 0 Å². The summed E-state index contributed by atoms with van der Waals surface area (Å²) < 4.78 is 0. The lowest BCUT2D eigenvalue weighted by Gasteiger charge is -2.09. The number of hydrogen-bond donors (Lipinski definition) is 3. The number of nitrogens with zero attached hydrogens (tertiary/aromatic N) is 2. The molecule has 6 heteroatoms. The van der Waals surface area contributed by atoms with Crippen LogP contribution in [-0.4, -0.2) is 33.4 Å². The molecule has 1 atom stereocenters. The number of nitrogens with one attached hydrogen (secondary N) is 3. The van der Waals surface area contributed by atoms with Crippen LogP contribution in [-0.2, 0) is 4.79 Å². The molecule has 0 radical (unpaired) electrons. The van der Waals surface area contributed by atoms with E-state index in [0.29, 0.717) is 5.82 Å². The maximum Gasteiger partial charge on any atom is 0.242 e. The molecule has 1 saturated heterocycles. The van der Waals surface area contributed by atoms with E-state index in [2.05, 4.69) is 25.6 Å². The van der Waals surface area contributed by atoms with Crippen molar-refractivity contribution < 1.29 is 4.79 Å². The van der Waals surface area contributed by atoms with Crippen molar-refractivity contribution in [3.05, 3.63) is 18.5 Å². The zero-order valence-corrected chi connectivity index (χ0v) is 8.53. The van der Waals surface area contributed by atoms with Gasteiger partial charge in [-0.05, 0) is 12.5 Å². The molecule has 16 heavy (non-hydrogen) atoms. The predicted octanol–water partition coefficient (Wildman–Crippen LogP) is 0.258. The number of rotatable bonds is 2. The maximum absolute atomic E-state index is 11.4. The van der Waals surface area contributed by atoms with Crippen molar-refractivity contribution in [3.8, 4) is 0 Å². The highest BCUT2D eigenvalue weighted by molar-refractivity contribution is 5.86. The summed E-state index contributed by atoms with van der Waals surface area (Å²) >= 11 is 0. The number of H-pyrrole nitrogens is 1. The number of carbonyl (C=O) groups excluding carboxylic acids is 1. The normalized spacial score (nSPS) is 20.0. The van der Waals surface area contributed by atoms with E-state index in [1.807, 2.05) is 6.07 Å². The van der Waals surface area contributed by atoms with E-state index in [1.165, 1.54) is 0 Å². The fourth-order valence-corrected chi connectivity index (χ4v) is 1.81. The summed E-state index contributed by atoms with van der Waals surface area (Å²) in [4.78, 5) is 22.9. The number of aromatic nitrogens is 3. The fraction of sp³-hybridized carbons (Fsp3) is 0.300. The van der Waals surface area contributed by atoms with Crippen molar-refractivity contribution in [1.29, 1.82) is 0 Å². The lowest BCUT2D eigenvalue weighted by molar-refractivity contribution is -0.119. The smallest absolute Gasteiger partial charge is 0.242 e. The Morgan fingerprint density at radius 3 is 3.25 bits per heavy atom. The topological polar surface area (TPSA) is 82.7 Å². The molecule has 0 aromatic carbocycles. The summed E-state index contributed by atoms with van der Waals surface area (Å²) in [5, 5.41) is 5.84. The second-order valence-corrected chi connectivity index (χ2v) is 3.74. The molecule has 1 aliphatic rings. The lowest BCUT2D eigenvalue weighted by atomic mass is 10.2. The van der Waals surface area contributed by atoms with Gasteiger partial charge in [-0.3, -0.25) is 4.79 Å². The number of aromatic amines is 1. The van der Waals surface area contributed by atoms with Gasteiger partial charge in [0.25, 0.3) is 0 Å². The second kappa shape index (κ2) is 3.48. The maximum atomic E-state index is 11.4. The third kappa shape index (κ3) is 1.48. The van der Waals surface area contributed by atoms with Crippen molar-refractivity contribution >= 4 is 22.9 Å². The monoisotopic (exact) mass is 217 g/mol. The van der Waals surface area contributed by atoms with Crippen LogP contribution in [0.15, 0.2) is 18.5 Å². The summed E-state index contributed by atoms with van der Waals surface area (Å²) in [6.07, 6.45) is 4.20. The minimum atomic E-state index is -0.189. The molecule has 0 bridgehead atoms. The van der Waals surface area contributed by atoms with Gasteiger partial charge >= 0.3 is 0 Å². The first-order valence-electron chi connectivity index (χ1n) is 5.17. The average Bonchev–Trinajstić information content (AvgIpc) is 2.88. The Kier molecular flexibility index (Phi) is 1.99. The molecule has 2 aromatic rings. The van der Waals surface area contributed by atoms with E-state index in [-0.39, 0.29) is 11.9 Å². The number of carbonyl (C=O) groups is 1. The summed E-state index contributed by atoms with van der Waals surface area (Å²) in [6, 6.07) is 1.66. The van der Waals surface area contributed by atoms with Gasteiger partial charge in [0.2, 0.25) is 5.91 Å². The third-order valence-electron chi connectivity index (χ3n) is 2.63. The Hall–Kier alpha value is -2.11. The predicted molar refractivity (Wildman–Crippen MR) is 58.9 cm³/mol. The fourth-order valence-electron chi connectivity index (χ4n) is 1.81. The zero-order valence-electron chi connectivity index (χ0n) is 8.53. The third-order valence-corrected chi connectivity index (χ3v) is 2.63. The second-order valence-electron chi connectivity index (χ2n) is 3.74. The molecule has 1 amide bonds. The Morgan fingerprint density at radius 2 is 2.44 bits per heavy atom. The number of hydrogen-bond acceptors (Lipinski definition) is 4. The number of anilines is 1. The molecule has 82 valence electrons. The summed E-state index contributed by atoms with van der Waals surface area (Å²) in [7, 11) is 0. The largest absolute Gasteiger partial charge is 0.357 e. The molecule has 0 aliphatic carbocycles. The van der Waals surface area contributed by atoms with Crippen LogP contribution < -0.4 is 10.6 Å². The highest BCUT2D eigenvalue weighted by Crippen LogP contribution is 2.12. The van der Waals surface area contributed by atoms with Crippen molar-refractivity contribution in [2.75, 3.05) is 11.9 Å². The molecule has 3 N–H and O–H groups in total. The zero-order chi connectivity index (χ0) is 11.0. The lowest BCUT2D eigenvalue weighted by Crippen LogP contribution is -2.29. The molecular weight excluding hydrogens is 206 g/mol. The van der Waals surface area contributed by atoms with Crippen LogP contribution in [0.5, 0.6) is 0 Å². The first-order chi connectivity index (χ1) is 7.83. The van der Waals surface area contributed by atoms with Gasteiger partial charge in [-0.1, -0.05) is 0 Å².